The van der Waals surface area contributed by atoms with Crippen molar-refractivity contribution in [1.29, 1.82) is 0 Å². The van der Waals surface area contributed by atoms with Gasteiger partial charge in [-0.1, -0.05) is 65.9 Å². The summed E-state index contributed by atoms with van der Waals surface area (Å²) in [4.78, 5) is 13.8. The molecule has 42 heavy (non-hydrogen) atoms. The van der Waals surface area contributed by atoms with Crippen LogP contribution in [-0.2, 0) is 20.7 Å². The van der Waals surface area contributed by atoms with Gasteiger partial charge in [0.15, 0.2) is 6.29 Å². The van der Waals surface area contributed by atoms with E-state index in [0.717, 1.165) is 57.5 Å². The summed E-state index contributed by atoms with van der Waals surface area (Å²) in [6.07, 6.45) is 17.8. The van der Waals surface area contributed by atoms with Crippen molar-refractivity contribution in [3.8, 4) is 5.75 Å². The second-order valence-corrected chi connectivity index (χ2v) is 20.7. The summed E-state index contributed by atoms with van der Waals surface area (Å²) in [5.74, 6) is 3.82. The second kappa shape index (κ2) is 13.4. The lowest BCUT2D eigenvalue weighted by Gasteiger charge is -2.48. The Morgan fingerprint density at radius 2 is 1.76 bits per heavy atom. The van der Waals surface area contributed by atoms with Crippen molar-refractivity contribution in [2.24, 2.45) is 23.2 Å². The first-order valence-corrected chi connectivity index (χ1v) is 20.5. The summed E-state index contributed by atoms with van der Waals surface area (Å²) in [5.41, 5.74) is 2.98. The van der Waals surface area contributed by atoms with Crippen LogP contribution in [0.1, 0.15) is 135 Å². The molecular weight excluding hydrogens is 536 g/mol. The highest BCUT2D eigenvalue weighted by Gasteiger charge is 2.57. The van der Waals surface area contributed by atoms with Gasteiger partial charge >= 0.3 is 0 Å². The number of rotatable bonds is 12. The molecule has 4 aliphatic rings. The average Bonchev–Trinajstić information content (AvgIpc) is 3.21. The minimum absolute atomic E-state index is 0.0479. The number of ether oxygens (including phenoxy) is 2. The monoisotopic (exact) mass is 596 g/mol. The van der Waals surface area contributed by atoms with Gasteiger partial charge in [-0.2, -0.15) is 0 Å². The predicted molar refractivity (Wildman–Crippen MR) is 175 cm³/mol. The molecule has 0 aromatic heterocycles. The number of carbonyl (C=O) groups excluding carboxylic acids is 1. The molecule has 2 unspecified atom stereocenters. The molecule has 0 bridgehead atoms. The van der Waals surface area contributed by atoms with Crippen LogP contribution in [0.25, 0.3) is 0 Å². The molecule has 5 rings (SSSR count). The first-order chi connectivity index (χ1) is 20.0. The maximum atomic E-state index is 13.8. The number of unbranched alkanes of at least 4 members (excludes halogenated alkanes) is 5. The normalized spacial score (nSPS) is 31.4. The summed E-state index contributed by atoms with van der Waals surface area (Å²) >= 11 is 0. The summed E-state index contributed by atoms with van der Waals surface area (Å²) in [6.45, 7) is 15.6. The van der Waals surface area contributed by atoms with Crippen molar-refractivity contribution in [3.05, 3.63) is 29.3 Å². The lowest BCUT2D eigenvalue weighted by Crippen LogP contribution is -2.44. The summed E-state index contributed by atoms with van der Waals surface area (Å²) in [5, 5.41) is 0.201. The second-order valence-electron chi connectivity index (χ2n) is 16.0. The van der Waals surface area contributed by atoms with Crippen LogP contribution < -0.4 is 4.43 Å². The van der Waals surface area contributed by atoms with Gasteiger partial charge in [0, 0.05) is 24.5 Å². The molecule has 1 aromatic rings. The molecule has 6 atom stereocenters. The third-order valence-corrected chi connectivity index (χ3v) is 16.5. The Balaban J connectivity index is 1.08. The van der Waals surface area contributed by atoms with Crippen molar-refractivity contribution in [2.45, 2.75) is 154 Å². The minimum atomic E-state index is -1.85. The molecule has 0 radical (unpaired) electrons. The van der Waals surface area contributed by atoms with Gasteiger partial charge in [0.1, 0.15) is 11.5 Å². The van der Waals surface area contributed by atoms with Gasteiger partial charge < -0.3 is 13.9 Å². The average molecular weight is 597 g/mol. The SMILES string of the molecule is CC(C)(C)[Si](C)(C)Oc1ccc2c(c1)CC[C@@H]1[C@@H]2CC[C@]2(C)C(=O)C(CCCCCCCCOC3CCCCO3)C[C@@H]12. The zero-order chi connectivity index (χ0) is 30.0. The van der Waals surface area contributed by atoms with E-state index in [1.807, 2.05) is 0 Å². The molecule has 5 heteroatoms. The van der Waals surface area contributed by atoms with Gasteiger partial charge in [-0.05, 0) is 123 Å². The number of hydrogen-bond acceptors (Lipinski definition) is 4. The molecule has 0 spiro atoms. The molecule has 1 aromatic carbocycles. The van der Waals surface area contributed by atoms with E-state index in [1.165, 1.54) is 63.4 Å². The molecule has 2 saturated carbocycles. The standard InChI is InChI=1S/C37H60O4Si/c1-36(2,3)42(5,6)41-29-18-20-30-27(25-29)17-19-32-31(30)21-22-37(4)33(32)26-28(35(37)38)15-11-9-7-8-10-13-23-39-34-16-12-14-24-40-34/h18,20,25,28,31-34H,7-17,19,21-24,26H2,1-6H3/t28?,31-,32-,33+,34?,37+/m1/s1. The Morgan fingerprint density at radius 1 is 1.00 bits per heavy atom. The van der Waals surface area contributed by atoms with E-state index in [4.69, 9.17) is 13.9 Å². The molecule has 3 fully saturated rings. The van der Waals surface area contributed by atoms with Gasteiger partial charge in [-0.25, -0.2) is 0 Å². The zero-order valence-corrected chi connectivity index (χ0v) is 28.8. The number of Topliss-reactive ketones (excluding diaryl/α,β-unsaturated/α-hetero) is 1. The third-order valence-electron chi connectivity index (χ3n) is 12.1. The summed E-state index contributed by atoms with van der Waals surface area (Å²) in [7, 11) is -1.85. The molecule has 0 N–H and O–H groups in total. The van der Waals surface area contributed by atoms with E-state index in [0.29, 0.717) is 29.5 Å². The molecule has 4 nitrogen and oxygen atoms in total. The zero-order valence-electron chi connectivity index (χ0n) is 27.8. The van der Waals surface area contributed by atoms with Crippen molar-refractivity contribution in [3.63, 3.8) is 0 Å². The molecule has 1 aliphatic heterocycles. The van der Waals surface area contributed by atoms with E-state index < -0.39 is 8.32 Å². The Labute approximate surface area is 258 Å². The molecule has 236 valence electrons. The predicted octanol–water partition coefficient (Wildman–Crippen LogP) is 10.00. The van der Waals surface area contributed by atoms with Crippen molar-refractivity contribution >= 4 is 14.1 Å². The van der Waals surface area contributed by atoms with Crippen LogP contribution in [0.3, 0.4) is 0 Å². The first-order valence-electron chi connectivity index (χ1n) is 17.6. The van der Waals surface area contributed by atoms with Crippen molar-refractivity contribution in [2.75, 3.05) is 13.2 Å². The van der Waals surface area contributed by atoms with Crippen molar-refractivity contribution < 1.29 is 18.7 Å². The highest BCUT2D eigenvalue weighted by atomic mass is 28.4. The number of hydrogen-bond donors (Lipinski definition) is 0. The molecular formula is C37H60O4Si. The molecule has 0 amide bonds. The third kappa shape index (κ3) is 7.04. The van der Waals surface area contributed by atoms with Crippen LogP contribution in [0.5, 0.6) is 5.75 Å². The fraction of sp³-hybridized carbons (Fsp3) is 0.811. The quantitative estimate of drug-likeness (QED) is 0.178. The summed E-state index contributed by atoms with van der Waals surface area (Å²) in [6, 6.07) is 7.00. The lowest BCUT2D eigenvalue weighted by atomic mass is 9.55. The lowest BCUT2D eigenvalue weighted by molar-refractivity contribution is -0.162. The molecule has 1 saturated heterocycles. The maximum absolute atomic E-state index is 13.8. The Kier molecular flexibility index (Phi) is 10.3. The highest BCUT2D eigenvalue weighted by Crippen LogP contribution is 2.61. The van der Waals surface area contributed by atoms with Crippen LogP contribution in [-0.4, -0.2) is 33.6 Å². The van der Waals surface area contributed by atoms with Crippen molar-refractivity contribution in [1.82, 2.24) is 0 Å². The van der Waals surface area contributed by atoms with Gasteiger partial charge in [0.25, 0.3) is 0 Å². The van der Waals surface area contributed by atoms with Gasteiger partial charge in [0.2, 0.25) is 8.32 Å². The highest BCUT2D eigenvalue weighted by molar-refractivity contribution is 6.74. The molecule has 3 aliphatic carbocycles. The van der Waals surface area contributed by atoms with Crippen LogP contribution in [0.15, 0.2) is 18.2 Å². The largest absolute Gasteiger partial charge is 0.543 e. The number of aryl methyl sites for hydroxylation is 1. The Morgan fingerprint density at radius 3 is 2.50 bits per heavy atom. The number of fused-ring (bicyclic) bond motifs is 5. The van der Waals surface area contributed by atoms with Crippen LogP contribution in [0, 0.1) is 23.2 Å². The van der Waals surface area contributed by atoms with E-state index >= 15 is 0 Å². The van der Waals surface area contributed by atoms with Crippen LogP contribution >= 0.6 is 0 Å². The minimum Gasteiger partial charge on any atom is -0.543 e. The van der Waals surface area contributed by atoms with Gasteiger partial charge in [-0.3, -0.25) is 4.79 Å². The van der Waals surface area contributed by atoms with E-state index in [9.17, 15) is 4.79 Å². The maximum Gasteiger partial charge on any atom is 0.250 e. The number of carbonyl (C=O) groups is 1. The first kappa shape index (κ1) is 32.2. The van der Waals surface area contributed by atoms with E-state index in [-0.39, 0.29) is 16.7 Å². The van der Waals surface area contributed by atoms with Gasteiger partial charge in [0.05, 0.1) is 0 Å². The van der Waals surface area contributed by atoms with Crippen LogP contribution in [0.2, 0.25) is 18.1 Å². The Hall–Kier alpha value is -1.17. The smallest absolute Gasteiger partial charge is 0.250 e. The number of ketones is 1. The Bertz CT molecular complexity index is 1050. The topological polar surface area (TPSA) is 44.8 Å². The summed E-state index contributed by atoms with van der Waals surface area (Å²) < 4.78 is 18.2. The fourth-order valence-corrected chi connectivity index (χ4v) is 9.54. The fourth-order valence-electron chi connectivity index (χ4n) is 8.52. The van der Waals surface area contributed by atoms with Gasteiger partial charge in [-0.15, -0.1) is 0 Å². The molecule has 1 heterocycles. The van der Waals surface area contributed by atoms with E-state index in [2.05, 4.69) is 59.0 Å². The number of benzene rings is 1. The van der Waals surface area contributed by atoms with Crippen LogP contribution in [0.4, 0.5) is 0 Å². The van der Waals surface area contributed by atoms with E-state index in [1.54, 1.807) is 5.56 Å².